The molecule has 3 N–H and O–H groups in total. The third-order valence-electron chi connectivity index (χ3n) is 3.34. The number of hydrogen-bond donors (Lipinski definition) is 2. The van der Waals surface area contributed by atoms with Gasteiger partial charge in [0.25, 0.3) is 5.91 Å². The van der Waals surface area contributed by atoms with E-state index in [0.29, 0.717) is 5.75 Å². The molecule has 0 saturated heterocycles. The quantitative estimate of drug-likeness (QED) is 0.771. The van der Waals surface area contributed by atoms with Gasteiger partial charge in [-0.15, -0.1) is 0 Å². The maximum atomic E-state index is 11.2. The minimum atomic E-state index is -0.685. The molecular formula is C16H15N3O2. The van der Waals surface area contributed by atoms with E-state index in [2.05, 4.69) is 9.97 Å². The van der Waals surface area contributed by atoms with Crippen molar-refractivity contribution >= 4 is 16.9 Å². The molecule has 5 nitrogen and oxygen atoms in total. The molecule has 0 aliphatic heterocycles. The predicted octanol–water partition coefficient (Wildman–Crippen LogP) is 2.48. The zero-order valence-electron chi connectivity index (χ0n) is 11.5. The Labute approximate surface area is 121 Å². The van der Waals surface area contributed by atoms with Gasteiger partial charge in [0.15, 0.2) is 6.10 Å². The van der Waals surface area contributed by atoms with Crippen LogP contribution in [-0.4, -0.2) is 22.0 Å². The summed E-state index contributed by atoms with van der Waals surface area (Å²) in [6, 6.07) is 11.5. The molecule has 0 radical (unpaired) electrons. The summed E-state index contributed by atoms with van der Waals surface area (Å²) in [5.41, 5.74) is 7.97. The van der Waals surface area contributed by atoms with Crippen molar-refractivity contribution in [1.29, 1.82) is 0 Å². The lowest BCUT2D eigenvalue weighted by molar-refractivity contribution is -0.123. The number of carbonyl (C=O) groups is 1. The van der Waals surface area contributed by atoms with Gasteiger partial charge in [0.05, 0.1) is 0 Å². The Morgan fingerprint density at radius 1 is 1.24 bits per heavy atom. The minimum Gasteiger partial charge on any atom is -0.480 e. The van der Waals surface area contributed by atoms with E-state index in [-0.39, 0.29) is 0 Å². The summed E-state index contributed by atoms with van der Waals surface area (Å²) < 4.78 is 5.68. The highest BCUT2D eigenvalue weighted by molar-refractivity contribution is 5.94. The lowest BCUT2D eigenvalue weighted by atomic mass is 10.0. The van der Waals surface area contributed by atoms with Crippen LogP contribution in [0, 0.1) is 0 Å². The summed E-state index contributed by atoms with van der Waals surface area (Å²) in [5.74, 6) is 0.129. The molecule has 1 atom stereocenters. The van der Waals surface area contributed by atoms with Crippen LogP contribution >= 0.6 is 0 Å². The number of primary amides is 1. The van der Waals surface area contributed by atoms with Crippen LogP contribution in [0.4, 0.5) is 0 Å². The van der Waals surface area contributed by atoms with E-state index >= 15 is 0 Å². The Morgan fingerprint density at radius 2 is 2.05 bits per heavy atom. The molecule has 0 saturated carbocycles. The Balaban J connectivity index is 2.10. The Morgan fingerprint density at radius 3 is 2.86 bits per heavy atom. The number of aromatic amines is 1. The Hall–Kier alpha value is -2.82. The number of nitrogens with two attached hydrogens (primary N) is 1. The number of amides is 1. The first-order valence-electron chi connectivity index (χ1n) is 6.64. The lowest BCUT2D eigenvalue weighted by Crippen LogP contribution is -2.30. The molecule has 1 amide bonds. The van der Waals surface area contributed by atoms with Crippen molar-refractivity contribution in [3.63, 3.8) is 0 Å². The van der Waals surface area contributed by atoms with Gasteiger partial charge in [-0.05, 0) is 30.7 Å². The van der Waals surface area contributed by atoms with E-state index in [1.54, 1.807) is 13.1 Å². The maximum absolute atomic E-state index is 11.2. The number of rotatable bonds is 4. The first kappa shape index (κ1) is 13.2. The monoisotopic (exact) mass is 281 g/mol. The van der Waals surface area contributed by atoms with Crippen LogP contribution < -0.4 is 10.5 Å². The molecule has 0 aliphatic carbocycles. The Kier molecular flexibility index (Phi) is 3.31. The zero-order valence-corrected chi connectivity index (χ0v) is 11.5. The molecule has 2 aromatic heterocycles. The summed E-state index contributed by atoms with van der Waals surface area (Å²) in [6.45, 7) is 1.64. The van der Waals surface area contributed by atoms with Gasteiger partial charge >= 0.3 is 0 Å². The summed E-state index contributed by atoms with van der Waals surface area (Å²) in [7, 11) is 0. The van der Waals surface area contributed by atoms with Crippen molar-refractivity contribution in [3.8, 4) is 16.9 Å². The molecule has 0 bridgehead atoms. The summed E-state index contributed by atoms with van der Waals surface area (Å²) >= 11 is 0. The number of ether oxygens (including phenoxy) is 1. The summed E-state index contributed by atoms with van der Waals surface area (Å²) in [5, 5.41) is 1.00. The standard InChI is InChI=1S/C16H15N3O2/c1-10(15(17)20)21-14-5-3-2-4-12(14)11-6-8-18-16-13(11)7-9-19-16/h2-10H,1H3,(H2,17,20)(H,18,19). The van der Waals surface area contributed by atoms with Crippen LogP contribution in [0.1, 0.15) is 6.92 Å². The second kappa shape index (κ2) is 5.28. The van der Waals surface area contributed by atoms with Crippen LogP contribution in [-0.2, 0) is 4.79 Å². The van der Waals surface area contributed by atoms with Gasteiger partial charge in [0, 0.05) is 23.3 Å². The van der Waals surface area contributed by atoms with Gasteiger partial charge in [-0.1, -0.05) is 18.2 Å². The minimum absolute atomic E-state index is 0.494. The summed E-state index contributed by atoms with van der Waals surface area (Å²) in [4.78, 5) is 18.6. The van der Waals surface area contributed by atoms with Crippen molar-refractivity contribution in [2.75, 3.05) is 0 Å². The van der Waals surface area contributed by atoms with Gasteiger partial charge in [-0.2, -0.15) is 0 Å². The van der Waals surface area contributed by atoms with Gasteiger partial charge in [-0.3, -0.25) is 4.79 Å². The topological polar surface area (TPSA) is 81.0 Å². The number of para-hydroxylation sites is 1. The van der Waals surface area contributed by atoms with E-state index in [4.69, 9.17) is 10.5 Å². The number of aromatic nitrogens is 2. The van der Waals surface area contributed by atoms with Crippen LogP contribution in [0.3, 0.4) is 0 Å². The van der Waals surface area contributed by atoms with Crippen molar-refractivity contribution in [1.82, 2.24) is 9.97 Å². The highest BCUT2D eigenvalue weighted by Crippen LogP contribution is 2.34. The number of carbonyl (C=O) groups excluding carboxylic acids is 1. The smallest absolute Gasteiger partial charge is 0.258 e. The largest absolute Gasteiger partial charge is 0.480 e. The number of fused-ring (bicyclic) bond motifs is 1. The molecule has 2 heterocycles. The molecule has 0 fully saturated rings. The summed E-state index contributed by atoms with van der Waals surface area (Å²) in [6.07, 6.45) is 2.90. The molecule has 106 valence electrons. The second-order valence-electron chi connectivity index (χ2n) is 4.76. The molecule has 1 unspecified atom stereocenters. The van der Waals surface area contributed by atoms with Gasteiger partial charge in [0.1, 0.15) is 11.4 Å². The van der Waals surface area contributed by atoms with E-state index in [0.717, 1.165) is 22.2 Å². The van der Waals surface area contributed by atoms with Crippen molar-refractivity contribution in [3.05, 3.63) is 48.8 Å². The second-order valence-corrected chi connectivity index (χ2v) is 4.76. The average Bonchev–Trinajstić information content (AvgIpc) is 2.96. The number of nitrogens with one attached hydrogen (secondary N) is 1. The fourth-order valence-corrected chi connectivity index (χ4v) is 2.24. The van der Waals surface area contributed by atoms with E-state index in [9.17, 15) is 4.79 Å². The van der Waals surface area contributed by atoms with Gasteiger partial charge in [0.2, 0.25) is 0 Å². The Bertz CT molecular complexity index is 795. The van der Waals surface area contributed by atoms with Crippen LogP contribution in [0.25, 0.3) is 22.2 Å². The number of benzene rings is 1. The normalized spacial score (nSPS) is 12.2. The SMILES string of the molecule is CC(Oc1ccccc1-c1ccnc2[nH]ccc12)C(N)=O. The van der Waals surface area contributed by atoms with Gasteiger partial charge in [-0.25, -0.2) is 4.98 Å². The number of H-pyrrole nitrogens is 1. The van der Waals surface area contributed by atoms with Crippen molar-refractivity contribution < 1.29 is 9.53 Å². The maximum Gasteiger partial charge on any atom is 0.258 e. The zero-order chi connectivity index (χ0) is 14.8. The average molecular weight is 281 g/mol. The lowest BCUT2D eigenvalue weighted by Gasteiger charge is -2.15. The molecule has 21 heavy (non-hydrogen) atoms. The fraction of sp³-hybridized carbons (Fsp3) is 0.125. The van der Waals surface area contributed by atoms with E-state index in [1.807, 2.05) is 42.6 Å². The van der Waals surface area contributed by atoms with Crippen molar-refractivity contribution in [2.24, 2.45) is 5.73 Å². The molecule has 0 aliphatic rings. The van der Waals surface area contributed by atoms with Gasteiger partial charge < -0.3 is 15.5 Å². The van der Waals surface area contributed by atoms with Crippen molar-refractivity contribution in [2.45, 2.75) is 13.0 Å². The third kappa shape index (κ3) is 2.45. The molecular weight excluding hydrogens is 266 g/mol. The predicted molar refractivity (Wildman–Crippen MR) is 80.8 cm³/mol. The first-order valence-corrected chi connectivity index (χ1v) is 6.64. The van der Waals surface area contributed by atoms with Crippen LogP contribution in [0.15, 0.2) is 48.8 Å². The highest BCUT2D eigenvalue weighted by atomic mass is 16.5. The molecule has 5 heteroatoms. The fourth-order valence-electron chi connectivity index (χ4n) is 2.24. The van der Waals surface area contributed by atoms with Crippen LogP contribution in [0.2, 0.25) is 0 Å². The number of pyridine rings is 1. The molecule has 3 rings (SSSR count). The molecule has 3 aromatic rings. The molecule has 0 spiro atoms. The number of hydrogen-bond acceptors (Lipinski definition) is 3. The van der Waals surface area contributed by atoms with E-state index in [1.165, 1.54) is 0 Å². The van der Waals surface area contributed by atoms with E-state index < -0.39 is 12.0 Å². The van der Waals surface area contributed by atoms with Crippen LogP contribution in [0.5, 0.6) is 5.75 Å². The first-order chi connectivity index (χ1) is 10.2. The third-order valence-corrected chi connectivity index (χ3v) is 3.34. The highest BCUT2D eigenvalue weighted by Gasteiger charge is 2.15. The number of nitrogens with zero attached hydrogens (tertiary/aromatic N) is 1. The molecule has 1 aromatic carbocycles.